The molecule has 0 aromatic heterocycles. The molecule has 2 nitrogen and oxygen atoms in total. The normalized spacial score (nSPS) is 30.5. The van der Waals surface area contributed by atoms with Gasteiger partial charge in [0.25, 0.3) is 0 Å². The number of hydrogen-bond donors (Lipinski definition) is 1. The molecule has 1 N–H and O–H groups in total. The van der Waals surface area contributed by atoms with Crippen molar-refractivity contribution in [2.75, 3.05) is 13.6 Å². The maximum absolute atomic E-state index is 3.60. The van der Waals surface area contributed by atoms with Crippen LogP contribution in [0.25, 0.3) is 0 Å². The molecule has 0 amide bonds. The fourth-order valence-electron chi connectivity index (χ4n) is 3.66. The Kier molecular flexibility index (Phi) is 5.46. The minimum atomic E-state index is 0.429. The predicted octanol–water partition coefficient (Wildman–Crippen LogP) is 3.27. The van der Waals surface area contributed by atoms with E-state index in [1.165, 1.54) is 32.2 Å². The molecule has 0 spiro atoms. The highest BCUT2D eigenvalue weighted by atomic mass is 15.2. The number of hydrogen-bond acceptors (Lipinski definition) is 2. The van der Waals surface area contributed by atoms with Gasteiger partial charge in [-0.05, 0) is 45.2 Å². The molecule has 1 fully saturated rings. The molecule has 0 aliphatic heterocycles. The van der Waals surface area contributed by atoms with Crippen LogP contribution in [0.1, 0.15) is 60.3 Å². The summed E-state index contributed by atoms with van der Waals surface area (Å²) in [4.78, 5) is 2.71. The number of nitrogens with one attached hydrogen (secondary N) is 1. The molecule has 1 aliphatic rings. The molecule has 0 aromatic rings. The molecule has 1 rings (SSSR count). The number of likely N-dealkylation sites (N-methyl/N-ethyl adjacent to an activating group) is 2. The third-order valence-corrected chi connectivity index (χ3v) is 4.81. The van der Waals surface area contributed by atoms with E-state index in [2.05, 4.69) is 51.9 Å². The van der Waals surface area contributed by atoms with E-state index in [1.807, 2.05) is 0 Å². The van der Waals surface area contributed by atoms with Crippen molar-refractivity contribution >= 4 is 0 Å². The first-order valence-electron chi connectivity index (χ1n) is 7.40. The van der Waals surface area contributed by atoms with Crippen molar-refractivity contribution in [3.05, 3.63) is 0 Å². The van der Waals surface area contributed by atoms with Crippen molar-refractivity contribution in [2.45, 2.75) is 78.4 Å². The fourth-order valence-corrected chi connectivity index (χ4v) is 3.66. The van der Waals surface area contributed by atoms with Gasteiger partial charge in [0.05, 0.1) is 0 Å². The van der Waals surface area contributed by atoms with Crippen molar-refractivity contribution in [2.24, 2.45) is 5.41 Å². The van der Waals surface area contributed by atoms with E-state index < -0.39 is 0 Å². The van der Waals surface area contributed by atoms with Crippen LogP contribution in [0.2, 0.25) is 0 Å². The first-order chi connectivity index (χ1) is 7.97. The average Bonchev–Trinajstić information content (AvgIpc) is 2.28. The molecular formula is C15H32N2. The highest BCUT2D eigenvalue weighted by molar-refractivity contribution is 4.98. The number of nitrogens with zero attached hydrogens (tertiary/aromatic N) is 1. The van der Waals surface area contributed by atoms with Crippen LogP contribution in [0, 0.1) is 5.41 Å². The van der Waals surface area contributed by atoms with Gasteiger partial charge in [-0.2, -0.15) is 0 Å². The minimum absolute atomic E-state index is 0.429. The predicted molar refractivity (Wildman–Crippen MR) is 76.4 cm³/mol. The van der Waals surface area contributed by atoms with Gasteiger partial charge in [-0.3, -0.25) is 4.90 Å². The Hall–Kier alpha value is -0.0800. The van der Waals surface area contributed by atoms with Crippen molar-refractivity contribution in [3.8, 4) is 0 Å². The zero-order chi connectivity index (χ0) is 13.1. The van der Waals surface area contributed by atoms with Crippen LogP contribution in [0.5, 0.6) is 0 Å². The monoisotopic (exact) mass is 240 g/mol. The highest BCUT2D eigenvalue weighted by Crippen LogP contribution is 2.38. The van der Waals surface area contributed by atoms with Crippen LogP contribution in [-0.2, 0) is 0 Å². The maximum atomic E-state index is 3.60. The Morgan fingerprint density at radius 3 is 2.47 bits per heavy atom. The third-order valence-electron chi connectivity index (χ3n) is 4.81. The van der Waals surface area contributed by atoms with E-state index in [9.17, 15) is 0 Å². The first-order valence-corrected chi connectivity index (χ1v) is 7.40. The quantitative estimate of drug-likeness (QED) is 0.793. The Labute approximate surface area is 108 Å². The van der Waals surface area contributed by atoms with Gasteiger partial charge in [0.1, 0.15) is 0 Å². The second-order valence-corrected chi connectivity index (χ2v) is 6.30. The van der Waals surface area contributed by atoms with E-state index >= 15 is 0 Å². The Balaban J connectivity index is 2.85. The van der Waals surface area contributed by atoms with Crippen molar-refractivity contribution in [3.63, 3.8) is 0 Å². The molecule has 3 atom stereocenters. The zero-order valence-electron chi connectivity index (χ0n) is 12.7. The van der Waals surface area contributed by atoms with Gasteiger partial charge in [0.15, 0.2) is 0 Å². The lowest BCUT2D eigenvalue weighted by atomic mass is 9.70. The highest BCUT2D eigenvalue weighted by Gasteiger charge is 2.40. The van der Waals surface area contributed by atoms with E-state index in [4.69, 9.17) is 0 Å². The lowest BCUT2D eigenvalue weighted by Crippen LogP contribution is -2.59. The van der Waals surface area contributed by atoms with Crippen molar-refractivity contribution in [1.82, 2.24) is 10.2 Å². The topological polar surface area (TPSA) is 15.3 Å². The molecular weight excluding hydrogens is 208 g/mol. The molecule has 0 radical (unpaired) electrons. The molecule has 2 heteroatoms. The zero-order valence-corrected chi connectivity index (χ0v) is 12.7. The molecule has 0 heterocycles. The Morgan fingerprint density at radius 1 is 1.35 bits per heavy atom. The summed E-state index contributed by atoms with van der Waals surface area (Å²) in [6, 6.07) is 2.05. The fraction of sp³-hybridized carbons (Fsp3) is 1.00. The molecule has 17 heavy (non-hydrogen) atoms. The van der Waals surface area contributed by atoms with E-state index in [-0.39, 0.29) is 0 Å². The van der Waals surface area contributed by atoms with Gasteiger partial charge in [-0.1, -0.05) is 34.1 Å². The molecule has 1 saturated carbocycles. The Morgan fingerprint density at radius 2 is 2.00 bits per heavy atom. The molecule has 0 saturated heterocycles. The standard InChI is InChI=1S/C15H32N2/c1-7-12(3)17(8-2)13-10-9-11-15(4,5)14(13)16-6/h12-14,16H,7-11H2,1-6H3. The lowest BCUT2D eigenvalue weighted by molar-refractivity contribution is 0.0325. The van der Waals surface area contributed by atoms with Gasteiger partial charge in [0.2, 0.25) is 0 Å². The number of rotatable bonds is 5. The summed E-state index contributed by atoms with van der Waals surface area (Å²) in [7, 11) is 2.13. The van der Waals surface area contributed by atoms with E-state index in [0.717, 1.165) is 0 Å². The Bertz CT molecular complexity index is 225. The molecule has 1 aliphatic carbocycles. The van der Waals surface area contributed by atoms with Crippen LogP contribution < -0.4 is 5.32 Å². The summed E-state index contributed by atoms with van der Waals surface area (Å²) in [5.41, 5.74) is 0.429. The smallest absolute Gasteiger partial charge is 0.0271 e. The molecule has 0 aromatic carbocycles. The summed E-state index contributed by atoms with van der Waals surface area (Å²) in [5, 5.41) is 3.60. The summed E-state index contributed by atoms with van der Waals surface area (Å²) in [6.07, 6.45) is 5.34. The summed E-state index contributed by atoms with van der Waals surface area (Å²) >= 11 is 0. The van der Waals surface area contributed by atoms with Crippen LogP contribution >= 0.6 is 0 Å². The second-order valence-electron chi connectivity index (χ2n) is 6.30. The van der Waals surface area contributed by atoms with Crippen LogP contribution in [0.15, 0.2) is 0 Å². The molecule has 3 unspecified atom stereocenters. The summed E-state index contributed by atoms with van der Waals surface area (Å²) < 4.78 is 0. The van der Waals surface area contributed by atoms with Gasteiger partial charge in [0, 0.05) is 18.1 Å². The van der Waals surface area contributed by atoms with Gasteiger partial charge in [-0.25, -0.2) is 0 Å². The largest absolute Gasteiger partial charge is 0.315 e. The van der Waals surface area contributed by atoms with Crippen molar-refractivity contribution < 1.29 is 0 Å². The van der Waals surface area contributed by atoms with E-state index in [1.54, 1.807) is 0 Å². The third kappa shape index (κ3) is 3.23. The summed E-state index contributed by atoms with van der Waals surface area (Å²) in [5.74, 6) is 0. The summed E-state index contributed by atoms with van der Waals surface area (Å²) in [6.45, 7) is 13.0. The van der Waals surface area contributed by atoms with Crippen LogP contribution in [0.4, 0.5) is 0 Å². The first kappa shape index (κ1) is 15.0. The lowest BCUT2D eigenvalue weighted by Gasteiger charge is -2.49. The van der Waals surface area contributed by atoms with Crippen LogP contribution in [0.3, 0.4) is 0 Å². The second kappa shape index (κ2) is 6.19. The average molecular weight is 240 g/mol. The maximum Gasteiger partial charge on any atom is 0.0271 e. The van der Waals surface area contributed by atoms with Crippen LogP contribution in [-0.4, -0.2) is 36.6 Å². The molecule has 0 bridgehead atoms. The molecule has 102 valence electrons. The minimum Gasteiger partial charge on any atom is -0.315 e. The van der Waals surface area contributed by atoms with Gasteiger partial charge < -0.3 is 5.32 Å². The SMILES string of the molecule is CCC(C)N(CC)C1CCCC(C)(C)C1NC. The van der Waals surface area contributed by atoms with Crippen molar-refractivity contribution in [1.29, 1.82) is 0 Å². The van der Waals surface area contributed by atoms with E-state index in [0.29, 0.717) is 23.5 Å². The van der Waals surface area contributed by atoms with Gasteiger partial charge >= 0.3 is 0 Å². The van der Waals surface area contributed by atoms with Gasteiger partial charge in [-0.15, -0.1) is 0 Å².